The van der Waals surface area contributed by atoms with Crippen LogP contribution < -0.4 is 24.2 Å². The number of nitrogens with one attached hydrogen (secondary N) is 3. The van der Waals surface area contributed by atoms with E-state index in [-0.39, 0.29) is 63.6 Å². The molecule has 7 fully saturated rings. The first-order valence-corrected chi connectivity index (χ1v) is 34.9. The monoisotopic (exact) mass is 1250 g/mol. The molecule has 4 aromatic carbocycles. The van der Waals surface area contributed by atoms with E-state index in [1.807, 2.05) is 48.3 Å². The summed E-state index contributed by atoms with van der Waals surface area (Å²) in [6.45, 7) is 2.76. The molecule has 4 atom stereocenters. The highest BCUT2D eigenvalue weighted by Crippen LogP contribution is 2.68. The standard InChI is InChI=1S/C68H81N9O10S2/c1-72(2)88(82,83)69-61(78)43-17-21-49-55(29-43)76-38-67(33-53(67)51-31-45(86-6)19-23-47(51)59(76)57(49)41-11-9-8-10-12-41)63(80)74(5)35-40-13-15-42(16-14-40)58-50-22-18-44(62(79)70-89(84,85)73(3)4)30-56(50)77-39-68(34-54(68)52-32-46(87-7)20-24-48(52)60(58)77)64(81)75-36-65(25-26-65)71-66(37-75)27-28-66/h17-24,29-32,40-42,53-54,71H,8-16,25-28,33-39H2,1-7H3,(H,69,78)(H,70,79). The highest BCUT2D eigenvalue weighted by atomic mass is 32.2. The third-order valence-electron chi connectivity index (χ3n) is 22.5. The maximum atomic E-state index is 15.8. The zero-order valence-electron chi connectivity index (χ0n) is 52.0. The van der Waals surface area contributed by atoms with Crippen LogP contribution in [0, 0.1) is 16.7 Å². The quantitative estimate of drug-likeness (QED) is 0.0936. The van der Waals surface area contributed by atoms with Gasteiger partial charge in [-0.05, 0) is 178 Å². The summed E-state index contributed by atoms with van der Waals surface area (Å²) < 4.78 is 74.9. The minimum Gasteiger partial charge on any atom is -0.497 e. The lowest BCUT2D eigenvalue weighted by Crippen LogP contribution is -2.62. The fourth-order valence-corrected chi connectivity index (χ4v) is 18.3. The first-order valence-electron chi connectivity index (χ1n) is 32.0. The lowest BCUT2D eigenvalue weighted by atomic mass is 9.76. The van der Waals surface area contributed by atoms with E-state index in [0.717, 1.165) is 158 Å². The highest BCUT2D eigenvalue weighted by molar-refractivity contribution is 7.88. The smallest absolute Gasteiger partial charge is 0.303 e. The molecule has 3 N–H and O–H groups in total. The van der Waals surface area contributed by atoms with Gasteiger partial charge in [0.05, 0.1) is 36.4 Å². The molecule has 2 spiro atoms. The Morgan fingerprint density at radius 3 is 1.51 bits per heavy atom. The van der Waals surface area contributed by atoms with E-state index in [1.165, 1.54) is 40.2 Å². The van der Waals surface area contributed by atoms with Crippen molar-refractivity contribution >= 4 is 65.9 Å². The number of nitrogens with zero attached hydrogens (tertiary/aromatic N) is 6. The molecule has 6 aromatic rings. The van der Waals surface area contributed by atoms with Gasteiger partial charge in [-0.2, -0.15) is 25.4 Å². The van der Waals surface area contributed by atoms with E-state index in [1.54, 1.807) is 26.4 Å². The van der Waals surface area contributed by atoms with Crippen LogP contribution >= 0.6 is 0 Å². The molecule has 19 nitrogen and oxygen atoms in total. The summed E-state index contributed by atoms with van der Waals surface area (Å²) in [6.07, 6.45) is 14.4. The Morgan fingerprint density at radius 2 is 1.03 bits per heavy atom. The van der Waals surface area contributed by atoms with E-state index in [2.05, 4.69) is 53.1 Å². The van der Waals surface area contributed by atoms with Crippen LogP contribution in [0.2, 0.25) is 0 Å². The van der Waals surface area contributed by atoms with E-state index in [9.17, 15) is 26.4 Å². The molecule has 21 heteroatoms. The molecule has 89 heavy (non-hydrogen) atoms. The number of carbonyl (C=O) groups is 4. The summed E-state index contributed by atoms with van der Waals surface area (Å²) in [4.78, 5) is 63.3. The fraction of sp³-hybridized carbons (Fsp3) is 0.529. The van der Waals surface area contributed by atoms with Crippen LogP contribution in [0.15, 0.2) is 72.8 Å². The molecule has 0 bridgehead atoms. The summed E-state index contributed by atoms with van der Waals surface area (Å²) in [5.41, 5.74) is 9.22. The van der Waals surface area contributed by atoms with Crippen LogP contribution in [0.1, 0.15) is 163 Å². The molecule has 3 aliphatic heterocycles. The Kier molecular flexibility index (Phi) is 13.6. The molecule has 4 amide bonds. The Hall–Kier alpha value is -6.78. The molecule has 5 heterocycles. The summed E-state index contributed by atoms with van der Waals surface area (Å²) in [5.74, 6) is 0.654. The van der Waals surface area contributed by atoms with Crippen LogP contribution in [0.5, 0.6) is 11.5 Å². The third kappa shape index (κ3) is 9.53. The van der Waals surface area contributed by atoms with Gasteiger partial charge in [-0.1, -0.05) is 31.4 Å². The lowest BCUT2D eigenvalue weighted by Gasteiger charge is -2.42. The zero-order valence-corrected chi connectivity index (χ0v) is 53.7. The molecule has 0 radical (unpaired) electrons. The first kappa shape index (κ1) is 58.6. The van der Waals surface area contributed by atoms with Crippen molar-refractivity contribution in [3.63, 3.8) is 0 Å². The second-order valence-electron chi connectivity index (χ2n) is 28.4. The van der Waals surface area contributed by atoms with Crippen LogP contribution in [0.4, 0.5) is 0 Å². The van der Waals surface area contributed by atoms with Crippen molar-refractivity contribution in [1.29, 1.82) is 0 Å². The molecule has 2 aromatic heterocycles. The maximum Gasteiger partial charge on any atom is 0.303 e. The molecule has 9 aliphatic rings. The van der Waals surface area contributed by atoms with Gasteiger partial charge in [-0.15, -0.1) is 0 Å². The van der Waals surface area contributed by atoms with Crippen molar-refractivity contribution in [3.8, 4) is 34.0 Å². The number of methoxy groups -OCH3 is 2. The van der Waals surface area contributed by atoms with Gasteiger partial charge in [0.25, 0.3) is 11.8 Å². The largest absolute Gasteiger partial charge is 0.497 e. The number of benzene rings is 4. The Bertz CT molecular complexity index is 4220. The van der Waals surface area contributed by atoms with Gasteiger partial charge >= 0.3 is 20.4 Å². The number of amides is 4. The van der Waals surface area contributed by atoms with Crippen molar-refractivity contribution in [3.05, 3.63) is 106 Å². The number of hydrogen-bond donors (Lipinski definition) is 3. The van der Waals surface area contributed by atoms with E-state index < -0.39 is 43.1 Å². The average molecular weight is 1250 g/mol. The van der Waals surface area contributed by atoms with E-state index >= 15 is 9.59 Å². The predicted molar refractivity (Wildman–Crippen MR) is 339 cm³/mol. The number of hydrogen-bond acceptors (Lipinski definition) is 11. The van der Waals surface area contributed by atoms with Crippen molar-refractivity contribution < 1.29 is 45.5 Å². The molecule has 6 aliphatic carbocycles. The Balaban J connectivity index is 0.757. The molecule has 1 saturated heterocycles. The minimum atomic E-state index is -4.10. The average Bonchev–Trinajstić information content (AvgIpc) is 1.53. The van der Waals surface area contributed by atoms with Crippen molar-refractivity contribution in [2.45, 2.75) is 144 Å². The van der Waals surface area contributed by atoms with Crippen LogP contribution in [0.25, 0.3) is 44.3 Å². The number of aromatic nitrogens is 2. The maximum absolute atomic E-state index is 15.8. The number of piperazine rings is 1. The topological polar surface area (TPSA) is 214 Å². The van der Waals surface area contributed by atoms with E-state index in [0.29, 0.717) is 45.6 Å². The Morgan fingerprint density at radius 1 is 0.573 bits per heavy atom. The van der Waals surface area contributed by atoms with Crippen LogP contribution in [-0.2, 0) is 43.1 Å². The summed E-state index contributed by atoms with van der Waals surface area (Å²) in [6, 6.07) is 23.6. The van der Waals surface area contributed by atoms with Gasteiger partial charge in [0.15, 0.2) is 0 Å². The van der Waals surface area contributed by atoms with Crippen LogP contribution in [-0.4, -0.2) is 148 Å². The molecule has 6 saturated carbocycles. The molecule has 15 rings (SSSR count). The lowest BCUT2D eigenvalue weighted by molar-refractivity contribution is -0.140. The van der Waals surface area contributed by atoms with Gasteiger partial charge in [0.1, 0.15) is 11.5 Å². The number of carbonyl (C=O) groups excluding carboxylic acids is 4. The summed E-state index contributed by atoms with van der Waals surface area (Å²) in [7, 11) is 2.64. The highest BCUT2D eigenvalue weighted by Gasteiger charge is 2.68. The van der Waals surface area contributed by atoms with Gasteiger partial charge in [0.2, 0.25) is 11.8 Å². The normalized spacial score (nSPS) is 26.1. The van der Waals surface area contributed by atoms with Crippen molar-refractivity contribution in [2.75, 3.05) is 69.1 Å². The number of ether oxygens (including phenoxy) is 2. The second-order valence-corrected chi connectivity index (χ2v) is 32.2. The summed E-state index contributed by atoms with van der Waals surface area (Å²) >= 11 is 0. The third-order valence-corrected chi connectivity index (χ3v) is 25.3. The molecular weight excluding hydrogens is 1170 g/mol. The summed E-state index contributed by atoms with van der Waals surface area (Å²) in [5, 5.41) is 5.95. The second kappa shape index (κ2) is 20.6. The zero-order chi connectivity index (χ0) is 62.1. The minimum absolute atomic E-state index is 0.0155. The van der Waals surface area contributed by atoms with Crippen molar-refractivity contribution in [1.82, 2.24) is 42.3 Å². The van der Waals surface area contributed by atoms with Crippen molar-refractivity contribution in [2.24, 2.45) is 16.7 Å². The molecule has 470 valence electrons. The van der Waals surface area contributed by atoms with E-state index in [4.69, 9.17) is 9.47 Å². The number of fused-ring (bicyclic) bond motifs is 14. The molecular formula is C68H81N9O10S2. The van der Waals surface area contributed by atoms with Gasteiger partial charge in [0, 0.05) is 135 Å². The predicted octanol–water partition coefficient (Wildman–Crippen LogP) is 8.97. The van der Waals surface area contributed by atoms with Crippen LogP contribution in [0.3, 0.4) is 0 Å². The van der Waals surface area contributed by atoms with Gasteiger partial charge in [-0.25, -0.2) is 9.44 Å². The SMILES string of the molecule is COc1ccc2c(c1)C1CC1(C(=O)N(C)CC1CCC(c3c4n(c5cc(C(=O)NS(=O)(=O)N(C)C)ccc35)CC3(C(=O)N5CC6(CC6)NC6(CC6)C5)CC3c3cc(OC)ccc3-4)CC1)Cn1c-2c(C2CCCCC2)c2ccc(C(=O)NS(=O)(=O)N(C)C)cc21. The first-order chi connectivity index (χ1) is 42.5. The Labute approximate surface area is 521 Å². The fourth-order valence-electron chi connectivity index (χ4n) is 17.2. The van der Waals surface area contributed by atoms with Gasteiger partial charge < -0.3 is 33.7 Å². The number of rotatable bonds is 14. The molecule has 4 unspecified atom stereocenters. The van der Waals surface area contributed by atoms with Gasteiger partial charge in [-0.3, -0.25) is 19.2 Å².